The fourth-order valence-electron chi connectivity index (χ4n) is 1.09. The summed E-state index contributed by atoms with van der Waals surface area (Å²) in [6.45, 7) is 3.02. The fourth-order valence-corrected chi connectivity index (χ4v) is 1.36. The number of aryl methyl sites for hydroxylation is 1. The molecule has 84 valence electrons. The zero-order valence-corrected chi connectivity index (χ0v) is 9.89. The number of aromatic amines is 1. The first-order chi connectivity index (χ1) is 7.02. The summed E-state index contributed by atoms with van der Waals surface area (Å²) < 4.78 is 2.41. The standard InChI is InChI=1S/C8H15N5OS/c1-6-10-11-8(15)13(6)5-4-9-7(14)12(2)3/h4-5H2,1-3H3,(H,9,14)(H,11,15). The zero-order valence-electron chi connectivity index (χ0n) is 9.07. The van der Waals surface area contributed by atoms with Crippen molar-refractivity contribution in [3.63, 3.8) is 0 Å². The second-order valence-electron chi connectivity index (χ2n) is 3.35. The number of nitrogens with zero attached hydrogens (tertiary/aromatic N) is 3. The predicted octanol–water partition coefficient (Wildman–Crippen LogP) is 0.520. The molecule has 0 unspecified atom stereocenters. The molecule has 0 saturated heterocycles. The molecule has 1 heterocycles. The third kappa shape index (κ3) is 3.05. The van der Waals surface area contributed by atoms with E-state index in [1.807, 2.05) is 11.5 Å². The highest BCUT2D eigenvalue weighted by Crippen LogP contribution is 1.94. The summed E-state index contributed by atoms with van der Waals surface area (Å²) in [5, 5.41) is 9.42. The van der Waals surface area contributed by atoms with Gasteiger partial charge in [-0.2, -0.15) is 5.10 Å². The second-order valence-corrected chi connectivity index (χ2v) is 3.74. The summed E-state index contributed by atoms with van der Waals surface area (Å²) in [7, 11) is 3.40. The zero-order chi connectivity index (χ0) is 11.4. The van der Waals surface area contributed by atoms with Gasteiger partial charge in [-0.1, -0.05) is 0 Å². The van der Waals surface area contributed by atoms with Crippen molar-refractivity contribution >= 4 is 18.2 Å². The Kier molecular flexibility index (Phi) is 3.84. The van der Waals surface area contributed by atoms with E-state index >= 15 is 0 Å². The quantitative estimate of drug-likeness (QED) is 0.743. The molecule has 0 fully saturated rings. The number of amides is 2. The summed E-state index contributed by atoms with van der Waals surface area (Å²) in [6, 6.07) is -0.109. The van der Waals surface area contributed by atoms with Gasteiger partial charge in [-0.15, -0.1) is 0 Å². The molecule has 0 spiro atoms. The lowest BCUT2D eigenvalue weighted by Crippen LogP contribution is -2.36. The van der Waals surface area contributed by atoms with Crippen LogP contribution in [-0.4, -0.2) is 46.3 Å². The summed E-state index contributed by atoms with van der Waals surface area (Å²) >= 11 is 5.03. The van der Waals surface area contributed by atoms with Gasteiger partial charge in [-0.05, 0) is 19.1 Å². The summed E-state index contributed by atoms with van der Waals surface area (Å²) in [6.07, 6.45) is 0. The van der Waals surface area contributed by atoms with Gasteiger partial charge in [0, 0.05) is 27.2 Å². The monoisotopic (exact) mass is 229 g/mol. The third-order valence-electron chi connectivity index (χ3n) is 1.97. The van der Waals surface area contributed by atoms with Crippen molar-refractivity contribution in [1.82, 2.24) is 25.0 Å². The number of hydrogen-bond acceptors (Lipinski definition) is 3. The van der Waals surface area contributed by atoms with Crippen LogP contribution in [0.15, 0.2) is 0 Å². The van der Waals surface area contributed by atoms with Gasteiger partial charge in [-0.3, -0.25) is 5.10 Å². The average molecular weight is 229 g/mol. The van der Waals surface area contributed by atoms with Crippen LogP contribution in [0.5, 0.6) is 0 Å². The molecule has 0 radical (unpaired) electrons. The predicted molar refractivity (Wildman–Crippen MR) is 59.2 cm³/mol. The first-order valence-electron chi connectivity index (χ1n) is 4.59. The maximum Gasteiger partial charge on any atom is 0.316 e. The Morgan fingerprint density at radius 2 is 2.33 bits per heavy atom. The number of H-pyrrole nitrogens is 1. The van der Waals surface area contributed by atoms with Gasteiger partial charge >= 0.3 is 6.03 Å². The molecule has 0 aliphatic carbocycles. The lowest BCUT2D eigenvalue weighted by molar-refractivity contribution is 0.217. The van der Waals surface area contributed by atoms with Crippen LogP contribution >= 0.6 is 12.2 Å². The van der Waals surface area contributed by atoms with Crippen molar-refractivity contribution in [3.05, 3.63) is 10.6 Å². The molecule has 0 bridgehead atoms. The molecule has 0 aliphatic rings. The Labute approximate surface area is 93.3 Å². The molecular formula is C8H15N5OS. The van der Waals surface area contributed by atoms with Gasteiger partial charge < -0.3 is 14.8 Å². The Hall–Kier alpha value is -1.37. The van der Waals surface area contributed by atoms with E-state index in [4.69, 9.17) is 12.2 Å². The second kappa shape index (κ2) is 4.92. The number of carbonyl (C=O) groups excluding carboxylic acids is 1. The highest BCUT2D eigenvalue weighted by molar-refractivity contribution is 7.71. The third-order valence-corrected chi connectivity index (χ3v) is 2.28. The van der Waals surface area contributed by atoms with E-state index in [1.54, 1.807) is 14.1 Å². The topological polar surface area (TPSA) is 66.0 Å². The van der Waals surface area contributed by atoms with E-state index in [-0.39, 0.29) is 6.03 Å². The van der Waals surface area contributed by atoms with E-state index < -0.39 is 0 Å². The van der Waals surface area contributed by atoms with Crippen LogP contribution in [-0.2, 0) is 6.54 Å². The van der Waals surface area contributed by atoms with Crippen LogP contribution in [0.25, 0.3) is 0 Å². The van der Waals surface area contributed by atoms with Crippen LogP contribution in [0.3, 0.4) is 0 Å². The molecule has 1 rings (SSSR count). The van der Waals surface area contributed by atoms with E-state index in [9.17, 15) is 4.79 Å². The van der Waals surface area contributed by atoms with Crippen molar-refractivity contribution in [1.29, 1.82) is 0 Å². The van der Waals surface area contributed by atoms with Crippen LogP contribution in [0.1, 0.15) is 5.82 Å². The Balaban J connectivity index is 2.45. The maximum absolute atomic E-state index is 11.2. The van der Waals surface area contributed by atoms with Crippen molar-refractivity contribution in [3.8, 4) is 0 Å². The fraction of sp³-hybridized carbons (Fsp3) is 0.625. The number of hydrogen-bond donors (Lipinski definition) is 2. The lowest BCUT2D eigenvalue weighted by Gasteiger charge is -2.12. The molecule has 7 heteroatoms. The van der Waals surface area contributed by atoms with Gasteiger partial charge in [0.25, 0.3) is 0 Å². The minimum absolute atomic E-state index is 0.109. The minimum atomic E-state index is -0.109. The van der Waals surface area contributed by atoms with Gasteiger partial charge in [0.1, 0.15) is 5.82 Å². The molecule has 1 aromatic rings. The molecular weight excluding hydrogens is 214 g/mol. The molecule has 15 heavy (non-hydrogen) atoms. The molecule has 0 aliphatic heterocycles. The highest BCUT2D eigenvalue weighted by Gasteiger charge is 2.03. The molecule has 0 atom stereocenters. The Morgan fingerprint density at radius 3 is 2.80 bits per heavy atom. The summed E-state index contributed by atoms with van der Waals surface area (Å²) in [5.74, 6) is 0.819. The van der Waals surface area contributed by atoms with Crippen molar-refractivity contribution < 1.29 is 4.79 Å². The molecule has 0 aromatic carbocycles. The van der Waals surface area contributed by atoms with E-state index in [2.05, 4.69) is 15.5 Å². The summed E-state index contributed by atoms with van der Waals surface area (Å²) in [4.78, 5) is 12.7. The molecule has 0 saturated carbocycles. The number of urea groups is 1. The smallest absolute Gasteiger partial charge is 0.316 e. The van der Waals surface area contributed by atoms with Gasteiger partial charge in [0.05, 0.1) is 0 Å². The van der Waals surface area contributed by atoms with Crippen molar-refractivity contribution in [2.75, 3.05) is 20.6 Å². The van der Waals surface area contributed by atoms with Crippen LogP contribution in [0.2, 0.25) is 0 Å². The average Bonchev–Trinajstić information content (AvgIpc) is 2.48. The van der Waals surface area contributed by atoms with Crippen molar-refractivity contribution in [2.24, 2.45) is 0 Å². The summed E-state index contributed by atoms with van der Waals surface area (Å²) in [5.41, 5.74) is 0. The maximum atomic E-state index is 11.2. The van der Waals surface area contributed by atoms with Crippen LogP contribution in [0.4, 0.5) is 4.79 Å². The minimum Gasteiger partial charge on any atom is -0.336 e. The SMILES string of the molecule is Cc1n[nH]c(=S)n1CCNC(=O)N(C)C. The Bertz CT molecular complexity index is 394. The van der Waals surface area contributed by atoms with Crippen LogP contribution < -0.4 is 5.32 Å². The molecule has 2 N–H and O–H groups in total. The van der Waals surface area contributed by atoms with Crippen molar-refractivity contribution in [2.45, 2.75) is 13.5 Å². The number of carbonyl (C=O) groups is 1. The van der Waals surface area contributed by atoms with Gasteiger partial charge in [0.15, 0.2) is 4.77 Å². The van der Waals surface area contributed by atoms with Crippen LogP contribution in [0, 0.1) is 11.7 Å². The first-order valence-corrected chi connectivity index (χ1v) is 5.00. The normalized spacial score (nSPS) is 10.1. The largest absolute Gasteiger partial charge is 0.336 e. The van der Waals surface area contributed by atoms with E-state index in [1.165, 1.54) is 4.90 Å². The van der Waals surface area contributed by atoms with E-state index in [0.717, 1.165) is 5.82 Å². The van der Waals surface area contributed by atoms with E-state index in [0.29, 0.717) is 17.9 Å². The molecule has 6 nitrogen and oxygen atoms in total. The Morgan fingerprint density at radius 1 is 1.67 bits per heavy atom. The number of aromatic nitrogens is 3. The van der Waals surface area contributed by atoms with Gasteiger partial charge in [0.2, 0.25) is 0 Å². The number of nitrogens with one attached hydrogen (secondary N) is 2. The van der Waals surface area contributed by atoms with Gasteiger partial charge in [-0.25, -0.2) is 4.79 Å². The molecule has 1 aromatic heterocycles. The number of rotatable bonds is 3. The lowest BCUT2D eigenvalue weighted by atomic mass is 10.5. The highest BCUT2D eigenvalue weighted by atomic mass is 32.1. The molecule has 2 amide bonds. The first kappa shape index (κ1) is 11.7.